The molecule has 0 aliphatic rings. The Morgan fingerprint density at radius 1 is 0.153 bits per heavy atom. The summed E-state index contributed by atoms with van der Waals surface area (Å²) in [7, 11) is 0. The van der Waals surface area contributed by atoms with Gasteiger partial charge in [0.05, 0.1) is 6.85 Å². The molecule has 23 rings (SSSR count). The number of hydrogen-bond donors (Lipinski definition) is 0. The van der Waals surface area contributed by atoms with Crippen molar-refractivity contribution in [3.05, 3.63) is 451 Å². The van der Waals surface area contributed by atoms with Gasteiger partial charge in [-0.15, -0.1) is 0 Å². The fraction of sp³-hybridized carbons (Fsp3) is 0. The van der Waals surface area contributed by atoms with Crippen molar-refractivity contribution in [2.24, 2.45) is 0 Å². The Balaban J connectivity index is 0.000000109. The third-order valence-electron chi connectivity index (χ3n) is 21.4. The summed E-state index contributed by atoms with van der Waals surface area (Å²) in [5, 5.41) is 14.7. The first kappa shape index (κ1) is 78.5. The fourth-order valence-electron chi connectivity index (χ4n) is 15.4. The first-order chi connectivity index (χ1) is 66.6. The van der Waals surface area contributed by atoms with Gasteiger partial charge in [-0.3, -0.25) is 0 Å². The molecule has 0 amide bonds. The molecule has 0 bridgehead atoms. The highest BCUT2D eigenvalue weighted by Crippen LogP contribution is 2.41. The molecule has 0 saturated heterocycles. The fourth-order valence-corrected chi connectivity index (χ4v) is 16.2. The van der Waals surface area contributed by atoms with E-state index >= 15 is 0 Å². The zero-order valence-electron chi connectivity index (χ0n) is 74.1. The van der Waals surface area contributed by atoms with Crippen LogP contribution < -0.4 is 0 Å². The van der Waals surface area contributed by atoms with E-state index in [1.807, 2.05) is 206 Å². The number of aromatic nitrogens is 15. The van der Waals surface area contributed by atoms with Crippen LogP contribution in [-0.2, 0) is 0 Å². The first-order valence-corrected chi connectivity index (χ1v) is 43.4. The molecular weight excluding hydrogens is 1720 g/mol. The van der Waals surface area contributed by atoms with Crippen LogP contribution in [0.5, 0.6) is 0 Å². The summed E-state index contributed by atoms with van der Waals surface area (Å²) in [5.74, 6) is 4.76. The third-order valence-corrected chi connectivity index (χ3v) is 22.3. The molecule has 5 heterocycles. The Hall–Kier alpha value is -16.0. The normalized spacial score (nSPS) is 11.5. The van der Waals surface area contributed by atoms with Crippen molar-refractivity contribution in [3.8, 4) is 136 Å². The van der Waals surface area contributed by atoms with Gasteiger partial charge in [0.2, 0.25) is 26.4 Å². The second kappa shape index (κ2) is 39.5. The average molecular weight is 1800 g/mol. The van der Waals surface area contributed by atoms with E-state index in [1.165, 1.54) is 37.7 Å². The molecule has 0 unspecified atom stereocenters. The summed E-state index contributed by atoms with van der Waals surface area (Å²) in [4.78, 5) is 66.0. The number of nitrogens with zero attached hydrogens (tertiary/aromatic N) is 15. The predicted octanol–water partition coefficient (Wildman–Crippen LogP) is 29.5. The number of hydrogen-bond acceptors (Lipinski definition) is 15. The maximum absolute atomic E-state index is 8.00. The standard InChI is InChI=1S/C27H18ClN3.3C23H14ClN3.C15H10ClN3/c28-27-30-25(20-13-5-2-6-14-20)29-26(31-27)24-18-10-9-17-23(24)22-16-8-7-15-21(22)19-11-3-1-4-12-19;24-23-26-21(15-8-2-1-3-9-15)25-22(27-23)20-14-16-10-4-5-11-17(16)18-12-6-7-13-19(18)20;24-23-26-21(17-8-2-1-3-9-17)25-22(27-23)19-12-6-10-16-14-13-15-7-4-5-11-18(15)20(16)19;24-23-26-21(16-7-2-1-3-8-16)25-22(27-23)18-12-13-20-17(14-18)11-10-15-6-4-5-9-19(15)20;16-15-18-13(11-7-3-1-4-8-11)17-14(19-15)12-9-5-2-6-10-12/h1-18H;3*1-14H;1-10H/i;;;;1D,3D,4D,7D,8D. The minimum atomic E-state index is -0.475. The van der Waals surface area contributed by atoms with Crippen LogP contribution in [0.4, 0.5) is 0 Å². The number of halogens is 5. The van der Waals surface area contributed by atoms with Crippen LogP contribution in [0.2, 0.25) is 26.4 Å². The van der Waals surface area contributed by atoms with E-state index in [9.17, 15) is 0 Å². The number of rotatable bonds is 12. The van der Waals surface area contributed by atoms with Crippen molar-refractivity contribution in [1.82, 2.24) is 74.8 Å². The Labute approximate surface area is 785 Å². The monoisotopic (exact) mass is 1790 g/mol. The molecule has 0 saturated carbocycles. The van der Waals surface area contributed by atoms with E-state index in [-0.39, 0.29) is 55.7 Å². The van der Waals surface area contributed by atoms with Crippen molar-refractivity contribution in [2.45, 2.75) is 0 Å². The summed E-state index contributed by atoms with van der Waals surface area (Å²) in [6.07, 6.45) is 0. The Morgan fingerprint density at radius 3 is 0.908 bits per heavy atom. The van der Waals surface area contributed by atoms with Gasteiger partial charge >= 0.3 is 0 Å². The van der Waals surface area contributed by atoms with Crippen LogP contribution in [0.25, 0.3) is 201 Å². The van der Waals surface area contributed by atoms with Crippen LogP contribution in [0, 0.1) is 0 Å². The van der Waals surface area contributed by atoms with Crippen molar-refractivity contribution in [2.75, 3.05) is 0 Å². The van der Waals surface area contributed by atoms with Crippen molar-refractivity contribution >= 4 is 123 Å². The summed E-state index contributed by atoms with van der Waals surface area (Å²) < 4.78 is 39.1. The molecule has 23 aromatic rings. The van der Waals surface area contributed by atoms with Gasteiger partial charge < -0.3 is 0 Å². The van der Waals surface area contributed by atoms with Crippen LogP contribution in [-0.4, -0.2) is 74.8 Å². The molecule has 0 spiro atoms. The van der Waals surface area contributed by atoms with Crippen LogP contribution in [0.1, 0.15) is 6.85 Å². The first-order valence-electron chi connectivity index (χ1n) is 44.0. The molecule has 0 atom stereocenters. The molecule has 0 radical (unpaired) electrons. The van der Waals surface area contributed by atoms with Crippen molar-refractivity contribution in [1.29, 1.82) is 0 Å². The van der Waals surface area contributed by atoms with E-state index in [1.54, 1.807) is 24.3 Å². The summed E-state index contributed by atoms with van der Waals surface area (Å²) in [5.41, 5.74) is 12.4. The Bertz CT molecular complexity index is 8270. The lowest BCUT2D eigenvalue weighted by molar-refractivity contribution is 1.07. The highest BCUT2D eigenvalue weighted by Gasteiger charge is 2.21. The predicted molar refractivity (Wildman–Crippen MR) is 534 cm³/mol. The van der Waals surface area contributed by atoms with Gasteiger partial charge in [-0.25, -0.2) is 24.9 Å². The van der Waals surface area contributed by atoms with Crippen LogP contribution >= 0.6 is 58.0 Å². The van der Waals surface area contributed by atoms with Crippen molar-refractivity contribution < 1.29 is 6.85 Å². The lowest BCUT2D eigenvalue weighted by Gasteiger charge is -2.14. The zero-order chi connectivity index (χ0) is 93.1. The van der Waals surface area contributed by atoms with E-state index in [2.05, 4.69) is 224 Å². The molecule has 0 aliphatic carbocycles. The Morgan fingerprint density at radius 2 is 0.435 bits per heavy atom. The average Bonchev–Trinajstić information content (AvgIpc) is 0.718. The molecule has 624 valence electrons. The molecular formula is C111H70Cl5N15. The lowest BCUT2D eigenvalue weighted by Crippen LogP contribution is -1.98. The molecule has 131 heavy (non-hydrogen) atoms. The lowest BCUT2D eigenvalue weighted by atomic mass is 9.91. The highest BCUT2D eigenvalue weighted by molar-refractivity contribution is 6.30. The van der Waals surface area contributed by atoms with Crippen LogP contribution in [0.3, 0.4) is 0 Å². The highest BCUT2D eigenvalue weighted by atomic mass is 35.5. The number of fused-ring (bicyclic) bond motifs is 9. The van der Waals surface area contributed by atoms with Gasteiger partial charge in [0, 0.05) is 61.0 Å². The minimum absolute atomic E-state index is 0.0640. The molecule has 0 aliphatic heterocycles. The molecule has 0 N–H and O–H groups in total. The number of benzene rings is 18. The second-order valence-electron chi connectivity index (χ2n) is 29.6. The van der Waals surface area contributed by atoms with Gasteiger partial charge in [0.25, 0.3) is 0 Å². The minimum Gasteiger partial charge on any atom is -0.208 e. The van der Waals surface area contributed by atoms with E-state index < -0.39 is 18.1 Å². The topological polar surface area (TPSA) is 193 Å². The second-order valence-corrected chi connectivity index (χ2v) is 31.3. The summed E-state index contributed by atoms with van der Waals surface area (Å²) >= 11 is 31.0. The molecule has 15 nitrogen and oxygen atoms in total. The van der Waals surface area contributed by atoms with Gasteiger partial charge in [-0.1, -0.05) is 412 Å². The summed E-state index contributed by atoms with van der Waals surface area (Å²) in [6, 6.07) is 129. The van der Waals surface area contributed by atoms with E-state index in [4.69, 9.17) is 79.8 Å². The zero-order valence-corrected chi connectivity index (χ0v) is 72.9. The SMILES string of the molecule is Clc1nc(-c2ccccc2)nc(-c2cc3ccccc3c3ccccc23)n1.Clc1nc(-c2ccccc2)nc(-c2ccc3c(ccc4ccccc43)c2)n1.Clc1nc(-c2ccccc2)nc(-c2cccc3ccc4ccccc4c23)n1.Clc1nc(-c2ccccc2)nc(-c2ccccc2-c2ccccc2-c2ccccc2)n1.[2H]c1c([2H])c([2H])c(-c2nc(Cl)nc(-c3ccccc3)n2)c([2H])c1[2H]. The maximum atomic E-state index is 8.00. The Kier molecular flexibility index (Phi) is 23.7. The van der Waals surface area contributed by atoms with Gasteiger partial charge in [0.15, 0.2) is 58.2 Å². The van der Waals surface area contributed by atoms with Crippen LogP contribution in [0.15, 0.2) is 425 Å². The van der Waals surface area contributed by atoms with Gasteiger partial charge in [0.1, 0.15) is 0 Å². The van der Waals surface area contributed by atoms with E-state index in [0.29, 0.717) is 52.2 Å². The largest absolute Gasteiger partial charge is 0.226 e. The molecule has 0 fully saturated rings. The quantitative estimate of drug-likeness (QED) is 0.105. The smallest absolute Gasteiger partial charge is 0.208 e. The van der Waals surface area contributed by atoms with Gasteiger partial charge in [-0.05, 0) is 152 Å². The third kappa shape index (κ3) is 19.5. The summed E-state index contributed by atoms with van der Waals surface area (Å²) in [6.45, 7) is 0. The molecule has 20 heteroatoms. The molecule has 5 aromatic heterocycles. The van der Waals surface area contributed by atoms with E-state index in [0.717, 1.165) is 93.7 Å². The van der Waals surface area contributed by atoms with Crippen molar-refractivity contribution in [3.63, 3.8) is 0 Å². The van der Waals surface area contributed by atoms with Gasteiger partial charge in [-0.2, -0.15) is 49.8 Å². The maximum Gasteiger partial charge on any atom is 0.226 e. The molecule has 18 aromatic carbocycles.